The highest BCUT2D eigenvalue weighted by Gasteiger charge is 2.32. The second-order valence-electron chi connectivity index (χ2n) is 8.83. The van der Waals surface area contributed by atoms with Crippen LogP contribution in [0.1, 0.15) is 24.5 Å². The highest BCUT2D eigenvalue weighted by Crippen LogP contribution is 2.27. The lowest BCUT2D eigenvalue weighted by atomic mass is 10.1. The van der Waals surface area contributed by atoms with Gasteiger partial charge in [-0.15, -0.1) is 0 Å². The van der Waals surface area contributed by atoms with Crippen molar-refractivity contribution in [2.45, 2.75) is 37.1 Å². The lowest BCUT2D eigenvalue weighted by molar-refractivity contribution is -0.121. The average Bonchev–Trinajstić information content (AvgIpc) is 3.27. The number of aryl methyl sites for hydroxylation is 2. The molecule has 0 saturated carbocycles. The molecule has 0 bridgehead atoms. The first-order chi connectivity index (χ1) is 15.3. The van der Waals surface area contributed by atoms with Crippen LogP contribution in [0.3, 0.4) is 0 Å². The highest BCUT2D eigenvalue weighted by molar-refractivity contribution is 7.89. The zero-order chi connectivity index (χ0) is 22.9. The molecule has 0 radical (unpaired) electrons. The van der Waals surface area contributed by atoms with Gasteiger partial charge in [0, 0.05) is 51.6 Å². The number of nitrogens with one attached hydrogen (secondary N) is 1. The van der Waals surface area contributed by atoms with E-state index in [2.05, 4.69) is 5.32 Å². The highest BCUT2D eigenvalue weighted by atomic mass is 32.2. The molecule has 4 rings (SSSR count). The van der Waals surface area contributed by atoms with E-state index in [0.717, 1.165) is 36.2 Å². The zero-order valence-corrected chi connectivity index (χ0v) is 19.9. The molecule has 1 atom stereocenters. The number of benzene rings is 2. The zero-order valence-electron chi connectivity index (χ0n) is 19.0. The predicted molar refractivity (Wildman–Crippen MR) is 128 cm³/mol. The van der Waals surface area contributed by atoms with E-state index in [-0.39, 0.29) is 11.9 Å². The van der Waals surface area contributed by atoms with Crippen LogP contribution in [-0.2, 0) is 27.7 Å². The minimum Gasteiger partial charge on any atom is -0.378 e. The quantitative estimate of drug-likeness (QED) is 0.723. The molecule has 1 aliphatic heterocycles. The van der Waals surface area contributed by atoms with E-state index in [1.807, 2.05) is 67.2 Å². The average molecular weight is 457 g/mol. The van der Waals surface area contributed by atoms with Crippen molar-refractivity contribution in [1.29, 1.82) is 0 Å². The number of amides is 1. The Balaban J connectivity index is 1.34. The molecule has 7 nitrogen and oxygen atoms in total. The van der Waals surface area contributed by atoms with Gasteiger partial charge in [-0.3, -0.25) is 9.69 Å². The van der Waals surface area contributed by atoms with Crippen LogP contribution in [0.5, 0.6) is 0 Å². The Kier molecular flexibility index (Phi) is 6.55. The molecule has 1 fully saturated rings. The molecule has 8 heteroatoms. The summed E-state index contributed by atoms with van der Waals surface area (Å²) in [6.07, 6.45) is 3.09. The first kappa shape index (κ1) is 22.8. The van der Waals surface area contributed by atoms with Gasteiger partial charge in [-0.05, 0) is 73.7 Å². The van der Waals surface area contributed by atoms with Crippen LogP contribution in [0.15, 0.2) is 47.4 Å². The molecule has 0 spiro atoms. The van der Waals surface area contributed by atoms with Crippen LogP contribution in [0.2, 0.25) is 0 Å². The van der Waals surface area contributed by atoms with Crippen molar-refractivity contribution < 1.29 is 13.2 Å². The molecule has 1 N–H and O–H groups in total. The number of piperazine rings is 1. The van der Waals surface area contributed by atoms with Crippen LogP contribution in [0, 0.1) is 0 Å². The fourth-order valence-corrected chi connectivity index (χ4v) is 5.92. The largest absolute Gasteiger partial charge is 0.378 e. The second-order valence-corrected chi connectivity index (χ2v) is 10.8. The van der Waals surface area contributed by atoms with Crippen molar-refractivity contribution >= 4 is 27.3 Å². The number of rotatable bonds is 6. The third-order valence-electron chi connectivity index (χ3n) is 6.56. The maximum Gasteiger partial charge on any atom is 0.243 e. The van der Waals surface area contributed by atoms with E-state index in [1.165, 1.54) is 5.56 Å². The smallest absolute Gasteiger partial charge is 0.243 e. The van der Waals surface area contributed by atoms with Crippen molar-refractivity contribution in [1.82, 2.24) is 9.21 Å². The minimum absolute atomic E-state index is 0.0856. The standard InChI is InChI=1S/C24H32N4O3S/c1-18(24(29)25-21-8-10-22(11-9-21)26(2)3)27-13-15-28(16-14-27)32(30,31)23-12-7-19-5-4-6-20(19)17-23/h7-12,17-18H,4-6,13-16H2,1-3H3,(H,25,29). The summed E-state index contributed by atoms with van der Waals surface area (Å²) in [7, 11) is 0.434. The Morgan fingerprint density at radius 2 is 1.62 bits per heavy atom. The first-order valence-electron chi connectivity index (χ1n) is 11.2. The van der Waals surface area contributed by atoms with Crippen LogP contribution in [0.25, 0.3) is 0 Å². The van der Waals surface area contributed by atoms with E-state index < -0.39 is 10.0 Å². The number of carbonyl (C=O) groups excluding carboxylic acids is 1. The van der Waals surface area contributed by atoms with Crippen LogP contribution < -0.4 is 10.2 Å². The van der Waals surface area contributed by atoms with Crippen molar-refractivity contribution in [3.8, 4) is 0 Å². The Hall–Kier alpha value is -2.42. The summed E-state index contributed by atoms with van der Waals surface area (Å²) < 4.78 is 27.8. The Morgan fingerprint density at radius 1 is 0.969 bits per heavy atom. The SMILES string of the molecule is CC(C(=O)Nc1ccc(N(C)C)cc1)N1CCN(S(=O)(=O)c2ccc3c(c2)CCC3)CC1. The lowest BCUT2D eigenvalue weighted by Crippen LogP contribution is -2.53. The molecule has 1 unspecified atom stereocenters. The number of hydrogen-bond donors (Lipinski definition) is 1. The van der Waals surface area contributed by atoms with Crippen molar-refractivity contribution in [3.63, 3.8) is 0 Å². The minimum atomic E-state index is -3.51. The van der Waals surface area contributed by atoms with Gasteiger partial charge < -0.3 is 10.2 Å². The van der Waals surface area contributed by atoms with Crippen molar-refractivity contribution in [2.24, 2.45) is 0 Å². The van der Waals surface area contributed by atoms with Gasteiger partial charge in [0.2, 0.25) is 15.9 Å². The van der Waals surface area contributed by atoms with Gasteiger partial charge in [-0.1, -0.05) is 6.07 Å². The molecule has 2 aromatic carbocycles. The summed E-state index contributed by atoms with van der Waals surface area (Å²) in [6.45, 7) is 3.69. The fourth-order valence-electron chi connectivity index (χ4n) is 4.44. The predicted octanol–water partition coefficient (Wildman–Crippen LogP) is 2.57. The van der Waals surface area contributed by atoms with E-state index in [9.17, 15) is 13.2 Å². The molecule has 2 aromatic rings. The van der Waals surface area contributed by atoms with E-state index >= 15 is 0 Å². The Bertz CT molecular complexity index is 1070. The number of hydrogen-bond acceptors (Lipinski definition) is 5. The molecule has 32 heavy (non-hydrogen) atoms. The van der Waals surface area contributed by atoms with Gasteiger partial charge >= 0.3 is 0 Å². The number of sulfonamides is 1. The Morgan fingerprint density at radius 3 is 2.28 bits per heavy atom. The summed E-state index contributed by atoms with van der Waals surface area (Å²) in [4.78, 5) is 17.2. The van der Waals surface area contributed by atoms with Gasteiger partial charge in [0.1, 0.15) is 0 Å². The topological polar surface area (TPSA) is 73.0 Å². The van der Waals surface area contributed by atoms with Gasteiger partial charge in [0.15, 0.2) is 0 Å². The van der Waals surface area contributed by atoms with Gasteiger partial charge in [-0.2, -0.15) is 4.31 Å². The number of carbonyl (C=O) groups is 1. The molecular weight excluding hydrogens is 424 g/mol. The van der Waals surface area contributed by atoms with E-state index in [1.54, 1.807) is 10.4 Å². The van der Waals surface area contributed by atoms with E-state index in [0.29, 0.717) is 31.1 Å². The monoisotopic (exact) mass is 456 g/mol. The molecule has 1 aliphatic carbocycles. The summed E-state index contributed by atoms with van der Waals surface area (Å²) in [6, 6.07) is 12.9. The molecule has 2 aliphatic rings. The van der Waals surface area contributed by atoms with Crippen molar-refractivity contribution in [2.75, 3.05) is 50.5 Å². The van der Waals surface area contributed by atoms with Crippen molar-refractivity contribution in [3.05, 3.63) is 53.6 Å². The summed E-state index contributed by atoms with van der Waals surface area (Å²) in [5.41, 5.74) is 4.25. The molecular formula is C24H32N4O3S. The van der Waals surface area contributed by atoms with Gasteiger partial charge in [0.05, 0.1) is 10.9 Å². The second kappa shape index (κ2) is 9.21. The molecule has 1 saturated heterocycles. The van der Waals surface area contributed by atoms with Crippen LogP contribution >= 0.6 is 0 Å². The number of nitrogens with zero attached hydrogens (tertiary/aromatic N) is 3. The molecule has 1 amide bonds. The maximum absolute atomic E-state index is 13.1. The normalized spacial score (nSPS) is 18.2. The van der Waals surface area contributed by atoms with Crippen LogP contribution in [0.4, 0.5) is 11.4 Å². The third kappa shape index (κ3) is 4.67. The maximum atomic E-state index is 13.1. The summed E-state index contributed by atoms with van der Waals surface area (Å²) in [5.74, 6) is -0.0856. The number of anilines is 2. The lowest BCUT2D eigenvalue weighted by Gasteiger charge is -2.36. The summed E-state index contributed by atoms with van der Waals surface area (Å²) >= 11 is 0. The molecule has 1 heterocycles. The summed E-state index contributed by atoms with van der Waals surface area (Å²) in [5, 5.41) is 2.97. The number of fused-ring (bicyclic) bond motifs is 1. The van der Waals surface area contributed by atoms with Crippen LogP contribution in [-0.4, -0.2) is 69.8 Å². The Labute approximate surface area is 191 Å². The van der Waals surface area contributed by atoms with Gasteiger partial charge in [-0.25, -0.2) is 8.42 Å². The van der Waals surface area contributed by atoms with Gasteiger partial charge in [0.25, 0.3) is 0 Å². The molecule has 172 valence electrons. The third-order valence-corrected chi connectivity index (χ3v) is 8.45. The first-order valence-corrected chi connectivity index (χ1v) is 12.6. The molecule has 0 aromatic heterocycles. The fraction of sp³-hybridized carbons (Fsp3) is 0.458. The van der Waals surface area contributed by atoms with E-state index in [4.69, 9.17) is 0 Å².